The normalized spacial score (nSPS) is 12.0. The molecular weight excluding hydrogens is 436 g/mol. The molecule has 0 saturated heterocycles. The number of amides is 1. The van der Waals surface area contributed by atoms with Gasteiger partial charge in [0.1, 0.15) is 11.3 Å². The van der Waals surface area contributed by atoms with Crippen molar-refractivity contribution in [2.24, 2.45) is 0 Å². The van der Waals surface area contributed by atoms with Crippen LogP contribution in [0.25, 0.3) is 22.6 Å². The topological polar surface area (TPSA) is 64.4 Å². The Hall–Kier alpha value is -3.31. The molecule has 5 nitrogen and oxygen atoms in total. The fourth-order valence-corrected chi connectivity index (χ4v) is 3.70. The number of hydrogen-bond donors (Lipinski definition) is 1. The summed E-state index contributed by atoms with van der Waals surface area (Å²) in [5.74, 6) is 1.31. The summed E-state index contributed by atoms with van der Waals surface area (Å²) in [6.07, 6.45) is 2.01. The van der Waals surface area contributed by atoms with Crippen molar-refractivity contribution in [1.82, 2.24) is 4.98 Å². The summed E-state index contributed by atoms with van der Waals surface area (Å²) in [5, 5.41) is 3.24. The van der Waals surface area contributed by atoms with E-state index in [2.05, 4.69) is 31.1 Å². The first-order valence-electron chi connectivity index (χ1n) is 11.2. The number of benzene rings is 3. The Labute approximate surface area is 198 Å². The Morgan fingerprint density at radius 3 is 2.61 bits per heavy atom. The Morgan fingerprint density at radius 2 is 1.88 bits per heavy atom. The van der Waals surface area contributed by atoms with Crippen molar-refractivity contribution >= 4 is 34.3 Å². The molecule has 0 radical (unpaired) electrons. The lowest BCUT2D eigenvalue weighted by Crippen LogP contribution is -2.20. The summed E-state index contributed by atoms with van der Waals surface area (Å²) in [5.41, 5.74) is 5.17. The van der Waals surface area contributed by atoms with Gasteiger partial charge in [0.25, 0.3) is 5.91 Å². The van der Waals surface area contributed by atoms with Gasteiger partial charge in [0, 0.05) is 5.56 Å². The van der Waals surface area contributed by atoms with Crippen molar-refractivity contribution in [2.75, 3.05) is 11.9 Å². The van der Waals surface area contributed by atoms with E-state index in [9.17, 15) is 4.79 Å². The van der Waals surface area contributed by atoms with Crippen LogP contribution in [0.3, 0.4) is 0 Å². The van der Waals surface area contributed by atoms with Crippen molar-refractivity contribution in [3.05, 3.63) is 76.8 Å². The van der Waals surface area contributed by atoms with E-state index >= 15 is 0 Å². The quantitative estimate of drug-likeness (QED) is 0.299. The van der Waals surface area contributed by atoms with Gasteiger partial charge in [-0.25, -0.2) is 4.98 Å². The number of anilines is 1. The maximum atomic E-state index is 12.5. The summed E-state index contributed by atoms with van der Waals surface area (Å²) in [6.45, 7) is 6.32. The molecule has 0 fully saturated rings. The van der Waals surface area contributed by atoms with Gasteiger partial charge in [-0.1, -0.05) is 50.6 Å². The van der Waals surface area contributed by atoms with Crippen LogP contribution in [-0.4, -0.2) is 17.5 Å². The number of nitrogens with zero attached hydrogens (tertiary/aromatic N) is 1. The molecule has 1 N–H and O–H groups in total. The number of hydrogen-bond acceptors (Lipinski definition) is 4. The highest BCUT2D eigenvalue weighted by atomic mass is 35.5. The molecule has 0 unspecified atom stereocenters. The zero-order valence-corrected chi connectivity index (χ0v) is 19.8. The predicted octanol–water partition coefficient (Wildman–Crippen LogP) is 7.24. The number of nitrogens with one attached hydrogen (secondary N) is 1. The molecule has 0 aliphatic heterocycles. The molecule has 33 heavy (non-hydrogen) atoms. The molecule has 4 aromatic rings. The highest BCUT2D eigenvalue weighted by molar-refractivity contribution is 6.33. The molecule has 1 atom stereocenters. The second kappa shape index (κ2) is 10.1. The Kier molecular flexibility index (Phi) is 6.99. The zero-order chi connectivity index (χ0) is 23.4. The summed E-state index contributed by atoms with van der Waals surface area (Å²) in [4.78, 5) is 17.1. The fraction of sp³-hybridized carbons (Fsp3) is 0.259. The second-order valence-electron chi connectivity index (χ2n) is 8.08. The van der Waals surface area contributed by atoms with Crippen LogP contribution in [0.1, 0.15) is 44.2 Å². The molecule has 1 heterocycles. The number of rotatable bonds is 8. The second-order valence-corrected chi connectivity index (χ2v) is 8.49. The van der Waals surface area contributed by atoms with Crippen LogP contribution in [0.15, 0.2) is 65.1 Å². The first-order chi connectivity index (χ1) is 16.0. The molecule has 0 bridgehead atoms. The van der Waals surface area contributed by atoms with E-state index in [0.717, 1.165) is 29.5 Å². The third-order valence-electron chi connectivity index (χ3n) is 5.78. The first-order valence-corrected chi connectivity index (χ1v) is 11.6. The smallest absolute Gasteiger partial charge is 0.262 e. The van der Waals surface area contributed by atoms with Crippen molar-refractivity contribution < 1.29 is 13.9 Å². The number of carbonyl (C=O) groups excluding carboxylic acids is 1. The minimum absolute atomic E-state index is 0.119. The number of halogens is 1. The molecule has 0 spiro atoms. The van der Waals surface area contributed by atoms with Crippen LogP contribution >= 0.6 is 11.6 Å². The third kappa shape index (κ3) is 5.37. The highest BCUT2D eigenvalue weighted by Crippen LogP contribution is 2.31. The van der Waals surface area contributed by atoms with Crippen LogP contribution in [-0.2, 0) is 11.2 Å². The Bertz CT molecular complexity index is 1260. The Morgan fingerprint density at radius 1 is 1.09 bits per heavy atom. The van der Waals surface area contributed by atoms with Gasteiger partial charge >= 0.3 is 0 Å². The minimum Gasteiger partial charge on any atom is -0.484 e. The van der Waals surface area contributed by atoms with Crippen LogP contribution in [0.5, 0.6) is 5.75 Å². The molecule has 1 aromatic heterocycles. The van der Waals surface area contributed by atoms with Crippen LogP contribution < -0.4 is 10.1 Å². The van der Waals surface area contributed by atoms with Crippen molar-refractivity contribution in [1.29, 1.82) is 0 Å². The van der Waals surface area contributed by atoms with Gasteiger partial charge in [0.05, 0.1) is 10.7 Å². The summed E-state index contributed by atoms with van der Waals surface area (Å²) >= 11 is 6.32. The highest BCUT2D eigenvalue weighted by Gasteiger charge is 2.13. The summed E-state index contributed by atoms with van der Waals surface area (Å²) in [7, 11) is 0. The zero-order valence-electron chi connectivity index (χ0n) is 19.0. The van der Waals surface area contributed by atoms with Gasteiger partial charge in [0.2, 0.25) is 5.89 Å². The number of carbonyl (C=O) groups is 1. The molecule has 6 heteroatoms. The summed E-state index contributed by atoms with van der Waals surface area (Å²) < 4.78 is 11.5. The van der Waals surface area contributed by atoms with Gasteiger partial charge in [-0.05, 0) is 72.4 Å². The van der Waals surface area contributed by atoms with E-state index < -0.39 is 0 Å². The van der Waals surface area contributed by atoms with E-state index in [4.69, 9.17) is 20.8 Å². The van der Waals surface area contributed by atoms with Crippen molar-refractivity contribution in [2.45, 2.75) is 39.5 Å². The van der Waals surface area contributed by atoms with Gasteiger partial charge in [-0.15, -0.1) is 0 Å². The minimum atomic E-state index is -0.301. The van der Waals surface area contributed by atoms with E-state index in [1.165, 1.54) is 11.1 Å². The third-order valence-corrected chi connectivity index (χ3v) is 6.11. The predicted molar refractivity (Wildman–Crippen MR) is 133 cm³/mol. The average molecular weight is 463 g/mol. The van der Waals surface area contributed by atoms with Crippen molar-refractivity contribution in [3.63, 3.8) is 0 Å². The van der Waals surface area contributed by atoms with Crippen LogP contribution in [0.2, 0.25) is 5.02 Å². The lowest BCUT2D eigenvalue weighted by molar-refractivity contribution is -0.118. The monoisotopic (exact) mass is 462 g/mol. The summed E-state index contributed by atoms with van der Waals surface area (Å²) in [6, 6.07) is 19.1. The van der Waals surface area contributed by atoms with E-state index in [-0.39, 0.29) is 12.5 Å². The number of aromatic nitrogens is 1. The van der Waals surface area contributed by atoms with E-state index in [1.54, 1.807) is 12.1 Å². The number of fused-ring (bicyclic) bond motifs is 1. The van der Waals surface area contributed by atoms with Crippen LogP contribution in [0.4, 0.5) is 5.69 Å². The molecule has 170 valence electrons. The molecule has 0 saturated carbocycles. The van der Waals surface area contributed by atoms with Gasteiger partial charge in [0.15, 0.2) is 12.2 Å². The maximum Gasteiger partial charge on any atom is 0.262 e. The molecule has 4 rings (SSSR count). The first kappa shape index (κ1) is 22.9. The number of aryl methyl sites for hydroxylation is 1. The number of ether oxygens (including phenoxy) is 1. The molecule has 3 aromatic carbocycles. The fourth-order valence-electron chi connectivity index (χ4n) is 3.53. The van der Waals surface area contributed by atoms with Gasteiger partial charge in [-0.2, -0.15) is 0 Å². The lowest BCUT2D eigenvalue weighted by atomic mass is 9.99. The maximum absolute atomic E-state index is 12.5. The average Bonchev–Trinajstić information content (AvgIpc) is 3.27. The largest absolute Gasteiger partial charge is 0.484 e. The van der Waals surface area contributed by atoms with E-state index in [0.29, 0.717) is 28.3 Å². The molecule has 0 aliphatic carbocycles. The van der Waals surface area contributed by atoms with E-state index in [1.807, 2.05) is 48.5 Å². The van der Waals surface area contributed by atoms with Gasteiger partial charge in [-0.3, -0.25) is 4.79 Å². The standard InChI is InChI=1S/C27H27ClN2O3/c1-4-17(3)19-7-10-21(11-8-19)32-16-26(31)29-23-15-20(9-12-22(23)28)27-30-24-14-18(5-2)6-13-25(24)33-27/h6-15,17H,4-5,16H2,1-3H3,(H,29,31)/t17-/m0/s1. The van der Waals surface area contributed by atoms with Gasteiger partial charge < -0.3 is 14.5 Å². The SMILES string of the molecule is CCc1ccc2oc(-c3ccc(Cl)c(NC(=O)COc4ccc([C@@H](C)CC)cc4)c3)nc2c1. The number of oxazole rings is 1. The van der Waals surface area contributed by atoms with Crippen LogP contribution in [0, 0.1) is 0 Å². The molecular formula is C27H27ClN2O3. The molecule has 1 amide bonds. The van der Waals surface area contributed by atoms with Crippen molar-refractivity contribution in [3.8, 4) is 17.2 Å². The lowest BCUT2D eigenvalue weighted by Gasteiger charge is -2.11. The Balaban J connectivity index is 1.44. The molecule has 0 aliphatic rings.